The lowest BCUT2D eigenvalue weighted by molar-refractivity contribution is -0.123. The van der Waals surface area contributed by atoms with E-state index in [0.717, 1.165) is 39.8 Å². The van der Waals surface area contributed by atoms with Crippen molar-refractivity contribution in [3.8, 4) is 5.75 Å². The maximum absolute atomic E-state index is 12.2. The van der Waals surface area contributed by atoms with Gasteiger partial charge in [0.15, 0.2) is 6.61 Å². The zero-order valence-corrected chi connectivity index (χ0v) is 18.6. The van der Waals surface area contributed by atoms with E-state index < -0.39 is 0 Å². The monoisotopic (exact) mass is 425 g/mol. The van der Waals surface area contributed by atoms with Crippen LogP contribution in [0.4, 0.5) is 0 Å². The first-order valence-corrected chi connectivity index (χ1v) is 10.7. The van der Waals surface area contributed by atoms with E-state index in [-0.39, 0.29) is 12.5 Å². The molecule has 162 valence electrons. The molecule has 0 saturated carbocycles. The molecular formula is C27H27N3O2. The predicted molar refractivity (Wildman–Crippen MR) is 129 cm³/mol. The van der Waals surface area contributed by atoms with Crippen LogP contribution < -0.4 is 10.2 Å². The summed E-state index contributed by atoms with van der Waals surface area (Å²) >= 11 is 0. The number of aromatic nitrogens is 1. The molecule has 0 aliphatic heterocycles. The Kier molecular flexibility index (Phi) is 6.36. The van der Waals surface area contributed by atoms with Crippen LogP contribution in [0.25, 0.3) is 10.9 Å². The van der Waals surface area contributed by atoms with Crippen molar-refractivity contribution in [1.82, 2.24) is 9.99 Å². The van der Waals surface area contributed by atoms with Crippen LogP contribution >= 0.6 is 0 Å². The van der Waals surface area contributed by atoms with E-state index in [1.54, 1.807) is 6.21 Å². The molecule has 1 heterocycles. The molecule has 5 nitrogen and oxygen atoms in total. The lowest BCUT2D eigenvalue weighted by Gasteiger charge is -2.09. The number of hydrazone groups is 1. The first kappa shape index (κ1) is 21.4. The van der Waals surface area contributed by atoms with Gasteiger partial charge in [-0.2, -0.15) is 5.10 Å². The van der Waals surface area contributed by atoms with E-state index in [9.17, 15) is 4.79 Å². The lowest BCUT2D eigenvalue weighted by atomic mass is 10.1. The fourth-order valence-electron chi connectivity index (χ4n) is 3.82. The Bertz CT molecular complexity index is 1270. The molecule has 1 aromatic heterocycles. The summed E-state index contributed by atoms with van der Waals surface area (Å²) in [6, 6.07) is 24.4. The van der Waals surface area contributed by atoms with E-state index in [4.69, 9.17) is 4.74 Å². The Morgan fingerprint density at radius 3 is 2.53 bits per heavy atom. The van der Waals surface area contributed by atoms with Gasteiger partial charge in [0.1, 0.15) is 5.75 Å². The van der Waals surface area contributed by atoms with Crippen molar-refractivity contribution >= 4 is 23.0 Å². The molecule has 0 saturated heterocycles. The Morgan fingerprint density at radius 1 is 0.969 bits per heavy atom. The molecule has 0 unspecified atom stereocenters. The van der Waals surface area contributed by atoms with Crippen LogP contribution in [0, 0.1) is 20.8 Å². The highest BCUT2D eigenvalue weighted by Gasteiger charge is 2.13. The van der Waals surface area contributed by atoms with Crippen LogP contribution in [0.3, 0.4) is 0 Å². The summed E-state index contributed by atoms with van der Waals surface area (Å²) in [5.74, 6) is 0.414. The molecule has 32 heavy (non-hydrogen) atoms. The number of carbonyl (C=O) groups excluding carboxylic acids is 1. The summed E-state index contributed by atoms with van der Waals surface area (Å²) in [6.45, 7) is 6.76. The van der Waals surface area contributed by atoms with Gasteiger partial charge < -0.3 is 9.30 Å². The van der Waals surface area contributed by atoms with E-state index in [1.807, 2.05) is 50.2 Å². The minimum Gasteiger partial charge on any atom is -0.483 e. The summed E-state index contributed by atoms with van der Waals surface area (Å²) < 4.78 is 7.93. The predicted octanol–water partition coefficient (Wildman–Crippen LogP) is 5.14. The van der Waals surface area contributed by atoms with Gasteiger partial charge in [-0.15, -0.1) is 0 Å². The van der Waals surface area contributed by atoms with Gasteiger partial charge in [-0.05, 0) is 49.6 Å². The average Bonchev–Trinajstić information content (AvgIpc) is 3.07. The Balaban J connectivity index is 1.48. The summed E-state index contributed by atoms with van der Waals surface area (Å²) in [4.78, 5) is 12.2. The number of nitrogens with zero attached hydrogens (tertiary/aromatic N) is 2. The molecule has 0 aliphatic rings. The lowest BCUT2D eigenvalue weighted by Crippen LogP contribution is -2.24. The summed E-state index contributed by atoms with van der Waals surface area (Å²) in [6.07, 6.45) is 1.72. The van der Waals surface area contributed by atoms with E-state index in [2.05, 4.69) is 58.4 Å². The maximum atomic E-state index is 12.2. The zero-order chi connectivity index (χ0) is 22.5. The van der Waals surface area contributed by atoms with Crippen molar-refractivity contribution in [2.75, 3.05) is 6.61 Å². The number of aryl methyl sites for hydroxylation is 1. The van der Waals surface area contributed by atoms with Gasteiger partial charge in [-0.25, -0.2) is 5.43 Å². The molecule has 0 atom stereocenters. The number of nitrogens with one attached hydrogen (secondary N) is 1. The quantitative estimate of drug-likeness (QED) is 0.329. The topological polar surface area (TPSA) is 55.6 Å². The smallest absolute Gasteiger partial charge is 0.277 e. The second-order valence-electron chi connectivity index (χ2n) is 7.87. The number of benzene rings is 3. The third-order valence-electron chi connectivity index (χ3n) is 5.76. The summed E-state index contributed by atoms with van der Waals surface area (Å²) in [5, 5.41) is 5.31. The fourth-order valence-corrected chi connectivity index (χ4v) is 3.82. The van der Waals surface area contributed by atoms with Crippen LogP contribution in [0.2, 0.25) is 0 Å². The van der Waals surface area contributed by atoms with E-state index in [1.165, 1.54) is 5.56 Å². The van der Waals surface area contributed by atoms with E-state index in [0.29, 0.717) is 5.75 Å². The third-order valence-corrected chi connectivity index (χ3v) is 5.76. The SMILES string of the molecule is Cc1cccc(OCC(=O)NN=Cc2c(C)n(Cc3ccccc3)c3ccccc23)c1C. The number of hydrogen-bond donors (Lipinski definition) is 1. The van der Waals surface area contributed by atoms with Gasteiger partial charge in [0.25, 0.3) is 5.91 Å². The third kappa shape index (κ3) is 4.57. The Hall–Kier alpha value is -3.86. The number of ether oxygens (including phenoxy) is 1. The number of rotatable bonds is 7. The van der Waals surface area contributed by atoms with Gasteiger partial charge in [0, 0.05) is 28.7 Å². The first-order valence-electron chi connectivity index (χ1n) is 10.7. The highest BCUT2D eigenvalue weighted by Crippen LogP contribution is 2.25. The highest BCUT2D eigenvalue weighted by atomic mass is 16.5. The largest absolute Gasteiger partial charge is 0.483 e. The molecule has 1 amide bonds. The highest BCUT2D eigenvalue weighted by molar-refractivity contribution is 6.01. The molecule has 1 N–H and O–H groups in total. The molecule has 0 fully saturated rings. The Labute approximate surface area is 188 Å². The molecule has 0 aliphatic carbocycles. The molecule has 0 bridgehead atoms. The molecule has 5 heteroatoms. The number of fused-ring (bicyclic) bond motifs is 1. The van der Waals surface area contributed by atoms with Crippen molar-refractivity contribution in [3.05, 3.63) is 101 Å². The number of hydrogen-bond acceptors (Lipinski definition) is 3. The molecule has 0 spiro atoms. The number of amides is 1. The standard InChI is InChI=1S/C27H27N3O2/c1-19-10-9-15-26(20(19)2)32-18-27(31)29-28-16-24-21(3)30(17-22-11-5-4-6-12-22)25-14-8-7-13-23(24)25/h4-16H,17-18H2,1-3H3,(H,29,31). The Morgan fingerprint density at radius 2 is 1.72 bits per heavy atom. The molecule has 0 radical (unpaired) electrons. The van der Waals surface area contributed by atoms with Crippen molar-refractivity contribution in [2.24, 2.45) is 5.10 Å². The van der Waals surface area contributed by atoms with Gasteiger partial charge in [-0.3, -0.25) is 4.79 Å². The van der Waals surface area contributed by atoms with Gasteiger partial charge in [-0.1, -0.05) is 60.7 Å². The van der Waals surface area contributed by atoms with Crippen LogP contribution in [-0.2, 0) is 11.3 Å². The van der Waals surface area contributed by atoms with Crippen molar-refractivity contribution in [3.63, 3.8) is 0 Å². The number of carbonyl (C=O) groups is 1. The maximum Gasteiger partial charge on any atom is 0.277 e. The van der Waals surface area contributed by atoms with Crippen molar-refractivity contribution in [2.45, 2.75) is 27.3 Å². The van der Waals surface area contributed by atoms with Crippen molar-refractivity contribution < 1.29 is 9.53 Å². The first-order chi connectivity index (χ1) is 15.5. The second-order valence-corrected chi connectivity index (χ2v) is 7.87. The molecule has 4 aromatic rings. The second kappa shape index (κ2) is 9.52. The minimum absolute atomic E-state index is 0.0869. The fraction of sp³-hybridized carbons (Fsp3) is 0.185. The number of para-hydroxylation sites is 1. The van der Waals surface area contributed by atoms with Crippen LogP contribution in [0.15, 0.2) is 77.9 Å². The van der Waals surface area contributed by atoms with Gasteiger partial charge >= 0.3 is 0 Å². The van der Waals surface area contributed by atoms with Crippen LogP contribution in [-0.4, -0.2) is 23.3 Å². The summed E-state index contributed by atoms with van der Waals surface area (Å²) in [5.41, 5.74) is 9.21. The average molecular weight is 426 g/mol. The normalized spacial score (nSPS) is 11.2. The van der Waals surface area contributed by atoms with Gasteiger partial charge in [0.2, 0.25) is 0 Å². The van der Waals surface area contributed by atoms with Crippen LogP contribution in [0.5, 0.6) is 5.75 Å². The summed E-state index contributed by atoms with van der Waals surface area (Å²) in [7, 11) is 0. The van der Waals surface area contributed by atoms with Gasteiger partial charge in [0.05, 0.1) is 6.21 Å². The zero-order valence-electron chi connectivity index (χ0n) is 18.6. The molecule has 4 rings (SSSR count). The minimum atomic E-state index is -0.298. The van der Waals surface area contributed by atoms with E-state index >= 15 is 0 Å². The molecular weight excluding hydrogens is 398 g/mol. The van der Waals surface area contributed by atoms with Crippen molar-refractivity contribution in [1.29, 1.82) is 0 Å². The van der Waals surface area contributed by atoms with Crippen LogP contribution in [0.1, 0.15) is 27.9 Å². The molecule has 3 aromatic carbocycles.